The van der Waals surface area contributed by atoms with Crippen molar-refractivity contribution in [3.05, 3.63) is 47.1 Å². The minimum Gasteiger partial charge on any atom is -0.503 e. The molecule has 3 aromatic rings. The van der Waals surface area contributed by atoms with Crippen molar-refractivity contribution in [2.75, 3.05) is 12.4 Å². The molecule has 0 unspecified atom stereocenters. The van der Waals surface area contributed by atoms with Crippen LogP contribution in [0.3, 0.4) is 0 Å². The molecule has 34 heavy (non-hydrogen) atoms. The number of nitrogens with one attached hydrogen (secondary N) is 1. The van der Waals surface area contributed by atoms with E-state index in [-0.39, 0.29) is 22.5 Å². The Kier molecular flexibility index (Phi) is 6.39. The Morgan fingerprint density at radius 2 is 1.88 bits per heavy atom. The van der Waals surface area contributed by atoms with Crippen LogP contribution in [0, 0.1) is 11.8 Å². The quantitative estimate of drug-likeness (QED) is 0.350. The van der Waals surface area contributed by atoms with Gasteiger partial charge in [0.05, 0.1) is 28.9 Å². The highest BCUT2D eigenvalue weighted by Crippen LogP contribution is 2.41. The number of phenols is 1. The number of anilines is 1. The van der Waals surface area contributed by atoms with Gasteiger partial charge in [-0.2, -0.15) is 0 Å². The highest BCUT2D eigenvalue weighted by molar-refractivity contribution is 6.32. The van der Waals surface area contributed by atoms with Gasteiger partial charge in [0.2, 0.25) is 0 Å². The Morgan fingerprint density at radius 1 is 1.12 bits per heavy atom. The zero-order valence-corrected chi connectivity index (χ0v) is 20.5. The molecule has 2 aromatic carbocycles. The Hall–Kier alpha value is -2.79. The number of hydrogen-bond donors (Lipinski definition) is 2. The summed E-state index contributed by atoms with van der Waals surface area (Å²) >= 11 is 6.26. The molecule has 6 heteroatoms. The smallest absolute Gasteiger partial charge is 0.176 e. The summed E-state index contributed by atoms with van der Waals surface area (Å²) in [5.41, 5.74) is 4.20. The molecule has 0 bridgehead atoms. The Labute approximate surface area is 205 Å². The first-order chi connectivity index (χ1) is 16.5. The lowest BCUT2D eigenvalue weighted by Crippen LogP contribution is -2.27. The number of aromatic nitrogens is 1. The van der Waals surface area contributed by atoms with Gasteiger partial charge in [0, 0.05) is 23.5 Å². The molecule has 0 atom stereocenters. The number of pyridine rings is 1. The van der Waals surface area contributed by atoms with E-state index in [0.717, 1.165) is 59.3 Å². The van der Waals surface area contributed by atoms with Gasteiger partial charge in [-0.1, -0.05) is 31.0 Å². The number of halogens is 1. The normalized spacial score (nSPS) is 20.3. The van der Waals surface area contributed by atoms with Crippen LogP contribution in [-0.4, -0.2) is 29.0 Å². The highest BCUT2D eigenvalue weighted by atomic mass is 35.5. The van der Waals surface area contributed by atoms with E-state index in [9.17, 15) is 9.90 Å². The molecule has 2 aliphatic carbocycles. The molecule has 2 saturated carbocycles. The van der Waals surface area contributed by atoms with Crippen LogP contribution in [0.15, 0.2) is 36.5 Å². The molecule has 178 valence electrons. The maximum Gasteiger partial charge on any atom is 0.176 e. The fourth-order valence-corrected chi connectivity index (χ4v) is 5.31. The third-order valence-corrected chi connectivity index (χ3v) is 7.72. The lowest BCUT2D eigenvalue weighted by Gasteiger charge is -2.30. The van der Waals surface area contributed by atoms with E-state index in [1.807, 2.05) is 12.1 Å². The van der Waals surface area contributed by atoms with Crippen molar-refractivity contribution in [1.29, 1.82) is 0 Å². The van der Waals surface area contributed by atoms with E-state index in [1.165, 1.54) is 26.4 Å². The van der Waals surface area contributed by atoms with Gasteiger partial charge < -0.3 is 15.2 Å². The van der Waals surface area contributed by atoms with Crippen molar-refractivity contribution < 1.29 is 14.6 Å². The average Bonchev–Trinajstić information content (AvgIpc) is 3.71. The predicted octanol–water partition coefficient (Wildman–Crippen LogP) is 7.24. The van der Waals surface area contributed by atoms with E-state index in [1.54, 1.807) is 18.3 Å². The second-order valence-corrected chi connectivity index (χ2v) is 10.1. The van der Waals surface area contributed by atoms with Crippen molar-refractivity contribution in [3.63, 3.8) is 0 Å². The summed E-state index contributed by atoms with van der Waals surface area (Å²) in [5.74, 6) is 1.38. The summed E-state index contributed by atoms with van der Waals surface area (Å²) in [6, 6.07) is 9.87. The second kappa shape index (κ2) is 9.46. The van der Waals surface area contributed by atoms with Gasteiger partial charge in [-0.15, -0.1) is 0 Å². The topological polar surface area (TPSA) is 71.5 Å². The lowest BCUT2D eigenvalue weighted by molar-refractivity contribution is 0.0968. The average molecular weight is 479 g/mol. The van der Waals surface area contributed by atoms with Crippen molar-refractivity contribution in [3.8, 4) is 22.6 Å². The van der Waals surface area contributed by atoms with Crippen LogP contribution >= 0.6 is 11.6 Å². The van der Waals surface area contributed by atoms with Gasteiger partial charge in [0.15, 0.2) is 17.3 Å². The lowest BCUT2D eigenvalue weighted by atomic mass is 9.84. The number of phenolic OH excluding ortho intramolecular Hbond substituents is 1. The van der Waals surface area contributed by atoms with Gasteiger partial charge >= 0.3 is 0 Å². The molecular weight excluding hydrogens is 448 g/mol. The molecular formula is C28H31ClN2O3. The van der Waals surface area contributed by atoms with Crippen LogP contribution in [0.4, 0.5) is 5.69 Å². The summed E-state index contributed by atoms with van der Waals surface area (Å²) in [5, 5.41) is 15.1. The summed E-state index contributed by atoms with van der Waals surface area (Å²) < 4.78 is 5.30. The van der Waals surface area contributed by atoms with Crippen LogP contribution in [0.1, 0.15) is 62.2 Å². The number of rotatable bonds is 7. The van der Waals surface area contributed by atoms with Crippen LogP contribution in [0.5, 0.6) is 11.5 Å². The molecule has 1 aromatic heterocycles. The van der Waals surface area contributed by atoms with E-state index >= 15 is 0 Å². The zero-order chi connectivity index (χ0) is 23.8. The maximum absolute atomic E-state index is 13.2. The molecule has 0 aliphatic heterocycles. The number of nitrogens with zero attached hydrogens (tertiary/aromatic N) is 1. The number of methoxy groups -OCH3 is 1. The van der Waals surface area contributed by atoms with Gasteiger partial charge in [-0.3, -0.25) is 9.78 Å². The number of ether oxygens (including phenoxy) is 1. The Morgan fingerprint density at radius 3 is 2.56 bits per heavy atom. The van der Waals surface area contributed by atoms with Crippen LogP contribution in [-0.2, 0) is 0 Å². The monoisotopic (exact) mass is 478 g/mol. The Balaban J connectivity index is 1.59. The molecule has 1 heterocycles. The van der Waals surface area contributed by atoms with Crippen LogP contribution in [0.25, 0.3) is 22.0 Å². The molecule has 2 N–H and O–H groups in total. The Bertz CT molecular complexity index is 1230. The minimum atomic E-state index is -0.0715. The van der Waals surface area contributed by atoms with Crippen molar-refractivity contribution in [2.45, 2.75) is 57.9 Å². The first kappa shape index (κ1) is 23.0. The number of ketones is 1. The third kappa shape index (κ3) is 4.46. The van der Waals surface area contributed by atoms with E-state index < -0.39 is 0 Å². The van der Waals surface area contributed by atoms with Crippen molar-refractivity contribution in [2.24, 2.45) is 11.8 Å². The summed E-state index contributed by atoms with van der Waals surface area (Å²) in [4.78, 5) is 17.8. The molecule has 5 rings (SSSR count). The number of fused-ring (bicyclic) bond motifs is 1. The van der Waals surface area contributed by atoms with Crippen molar-refractivity contribution in [1.82, 2.24) is 4.98 Å². The molecule has 2 fully saturated rings. The molecule has 0 amide bonds. The number of carbonyl (C=O) groups excluding carboxylic acids is 1. The van der Waals surface area contributed by atoms with Gasteiger partial charge in [-0.25, -0.2) is 0 Å². The van der Waals surface area contributed by atoms with Crippen molar-refractivity contribution >= 4 is 34.0 Å². The van der Waals surface area contributed by atoms with Crippen LogP contribution < -0.4 is 10.1 Å². The van der Waals surface area contributed by atoms with Crippen LogP contribution in [0.2, 0.25) is 5.02 Å². The largest absolute Gasteiger partial charge is 0.503 e. The number of carbonyl (C=O) groups is 1. The zero-order valence-electron chi connectivity index (χ0n) is 19.7. The molecule has 0 radical (unpaired) electrons. The molecule has 5 nitrogen and oxygen atoms in total. The number of hydrogen-bond acceptors (Lipinski definition) is 5. The summed E-state index contributed by atoms with van der Waals surface area (Å²) in [6.07, 6.45) is 9.59. The third-order valence-electron chi connectivity index (χ3n) is 7.44. The summed E-state index contributed by atoms with van der Waals surface area (Å²) in [7, 11) is 1.50. The fraction of sp³-hybridized carbons (Fsp3) is 0.429. The predicted molar refractivity (Wildman–Crippen MR) is 137 cm³/mol. The number of aromatic hydroxyl groups is 1. The van der Waals surface area contributed by atoms with E-state index in [2.05, 4.69) is 23.3 Å². The second-order valence-electron chi connectivity index (χ2n) is 9.70. The van der Waals surface area contributed by atoms with Gasteiger partial charge in [0.1, 0.15) is 0 Å². The van der Waals surface area contributed by atoms with Gasteiger partial charge in [0.25, 0.3) is 0 Å². The van der Waals surface area contributed by atoms with E-state index in [0.29, 0.717) is 17.4 Å². The number of Topliss-reactive ketones (excluding diaryl/α,β-unsaturated/α-hetero) is 1. The highest BCUT2D eigenvalue weighted by Gasteiger charge is 2.33. The first-order valence-corrected chi connectivity index (χ1v) is 12.7. The molecule has 0 spiro atoms. The SMILES string of the molecule is CC[C@H]1CC[C@@H](Nc2c(C(=O)C3CC3)cnc3ccc(-c4cc(Cl)c(O)c(OC)c4)cc23)CC1. The first-order valence-electron chi connectivity index (χ1n) is 12.3. The standard InChI is InChI=1S/C28H31ClN2O3/c1-3-16-4-9-20(10-5-16)31-26-21-12-18(19-13-23(29)28(33)25(14-19)34-2)8-11-24(21)30-15-22(26)27(32)17-6-7-17/h8,11-17,20,33H,3-7,9-10H2,1-2H3,(H,30,31)/t16-,20+. The molecule has 0 saturated heterocycles. The molecule has 2 aliphatic rings. The van der Waals surface area contributed by atoms with E-state index in [4.69, 9.17) is 16.3 Å². The minimum absolute atomic E-state index is 0.0715. The fourth-order valence-electron chi connectivity index (χ4n) is 5.10. The maximum atomic E-state index is 13.2. The number of benzene rings is 2. The summed E-state index contributed by atoms with van der Waals surface area (Å²) in [6.45, 7) is 2.27. The van der Waals surface area contributed by atoms with Gasteiger partial charge in [-0.05, 0) is 79.8 Å².